The zero-order valence-electron chi connectivity index (χ0n) is 11.9. The first-order valence-electron chi connectivity index (χ1n) is 6.80. The number of nitrogens with two attached hydrogens (primary N) is 1. The van der Waals surface area contributed by atoms with Crippen molar-refractivity contribution in [2.75, 3.05) is 33.4 Å². The van der Waals surface area contributed by atoms with Crippen molar-refractivity contribution >= 4 is 5.91 Å². The Morgan fingerprint density at radius 3 is 2.47 bits per heavy atom. The van der Waals surface area contributed by atoms with Gasteiger partial charge in [0, 0.05) is 25.8 Å². The van der Waals surface area contributed by atoms with Gasteiger partial charge in [0.15, 0.2) is 0 Å². The van der Waals surface area contributed by atoms with Crippen molar-refractivity contribution in [3.8, 4) is 0 Å². The Morgan fingerprint density at radius 1 is 1.26 bits per heavy atom. The minimum atomic E-state index is 0.0492. The number of amides is 1. The average Bonchev–Trinajstić information content (AvgIpc) is 2.47. The highest BCUT2D eigenvalue weighted by Gasteiger charge is 2.14. The second-order valence-corrected chi connectivity index (χ2v) is 4.48. The third-order valence-corrected chi connectivity index (χ3v) is 3.09. The third-order valence-electron chi connectivity index (χ3n) is 3.09. The zero-order chi connectivity index (χ0) is 14.1. The summed E-state index contributed by atoms with van der Waals surface area (Å²) < 4.78 is 5.05. The van der Waals surface area contributed by atoms with Crippen LogP contribution in [0.2, 0.25) is 0 Å². The molecule has 4 nitrogen and oxygen atoms in total. The van der Waals surface area contributed by atoms with Crippen molar-refractivity contribution in [1.82, 2.24) is 4.90 Å². The van der Waals surface area contributed by atoms with Crippen LogP contribution in [0.15, 0.2) is 24.3 Å². The summed E-state index contributed by atoms with van der Waals surface area (Å²) in [6.07, 6.45) is 1.79. The molecular weight excluding hydrogens is 240 g/mol. The van der Waals surface area contributed by atoms with Crippen LogP contribution in [0.1, 0.15) is 29.3 Å². The molecule has 19 heavy (non-hydrogen) atoms. The van der Waals surface area contributed by atoms with Crippen molar-refractivity contribution in [3.05, 3.63) is 35.4 Å². The third kappa shape index (κ3) is 5.01. The molecule has 0 aliphatic heterocycles. The molecule has 1 amide bonds. The highest BCUT2D eigenvalue weighted by Crippen LogP contribution is 2.09. The Morgan fingerprint density at radius 2 is 1.95 bits per heavy atom. The maximum absolute atomic E-state index is 12.4. The van der Waals surface area contributed by atoms with Crippen LogP contribution in [0.3, 0.4) is 0 Å². The van der Waals surface area contributed by atoms with Gasteiger partial charge in [-0.05, 0) is 37.1 Å². The Labute approximate surface area is 115 Å². The van der Waals surface area contributed by atoms with Gasteiger partial charge in [-0.15, -0.1) is 0 Å². The van der Waals surface area contributed by atoms with Gasteiger partial charge in [0.1, 0.15) is 0 Å². The number of rotatable bonds is 8. The molecule has 0 saturated carbocycles. The van der Waals surface area contributed by atoms with E-state index in [4.69, 9.17) is 10.5 Å². The first-order chi connectivity index (χ1) is 9.22. The fraction of sp³-hybridized carbons (Fsp3) is 0.533. The van der Waals surface area contributed by atoms with Crippen LogP contribution in [-0.2, 0) is 11.2 Å². The summed E-state index contributed by atoms with van der Waals surface area (Å²) in [7, 11) is 1.64. The van der Waals surface area contributed by atoms with Gasteiger partial charge >= 0.3 is 0 Å². The largest absolute Gasteiger partial charge is 0.383 e. The second-order valence-electron chi connectivity index (χ2n) is 4.48. The minimum absolute atomic E-state index is 0.0492. The van der Waals surface area contributed by atoms with Crippen LogP contribution in [0.5, 0.6) is 0 Å². The van der Waals surface area contributed by atoms with Gasteiger partial charge < -0.3 is 15.4 Å². The van der Waals surface area contributed by atoms with E-state index in [-0.39, 0.29) is 5.91 Å². The van der Waals surface area contributed by atoms with E-state index < -0.39 is 0 Å². The predicted molar refractivity (Wildman–Crippen MR) is 77.3 cm³/mol. The van der Waals surface area contributed by atoms with Crippen LogP contribution in [0, 0.1) is 0 Å². The lowest BCUT2D eigenvalue weighted by molar-refractivity contribution is 0.0694. The Hall–Kier alpha value is -1.39. The fourth-order valence-electron chi connectivity index (χ4n) is 1.86. The van der Waals surface area contributed by atoms with Gasteiger partial charge in [-0.2, -0.15) is 0 Å². The van der Waals surface area contributed by atoms with Gasteiger partial charge in [-0.1, -0.05) is 19.1 Å². The Balaban J connectivity index is 2.72. The molecule has 2 N–H and O–H groups in total. The summed E-state index contributed by atoms with van der Waals surface area (Å²) in [5, 5.41) is 0. The van der Waals surface area contributed by atoms with E-state index in [0.717, 1.165) is 18.4 Å². The highest BCUT2D eigenvalue weighted by molar-refractivity contribution is 5.94. The minimum Gasteiger partial charge on any atom is -0.383 e. The summed E-state index contributed by atoms with van der Waals surface area (Å²) in [6.45, 7) is 4.51. The maximum Gasteiger partial charge on any atom is 0.253 e. The molecule has 1 aromatic carbocycles. The molecule has 0 bridgehead atoms. The number of methoxy groups -OCH3 is 1. The summed E-state index contributed by atoms with van der Waals surface area (Å²) in [4.78, 5) is 14.2. The molecule has 0 fully saturated rings. The second kappa shape index (κ2) is 8.67. The van der Waals surface area contributed by atoms with E-state index in [9.17, 15) is 4.79 Å². The van der Waals surface area contributed by atoms with E-state index >= 15 is 0 Å². The van der Waals surface area contributed by atoms with Gasteiger partial charge in [0.25, 0.3) is 5.91 Å². The average molecular weight is 264 g/mol. The molecular formula is C15H24N2O2. The van der Waals surface area contributed by atoms with E-state index in [1.807, 2.05) is 24.3 Å². The van der Waals surface area contributed by atoms with Crippen molar-refractivity contribution in [2.45, 2.75) is 19.8 Å². The summed E-state index contributed by atoms with van der Waals surface area (Å²) >= 11 is 0. The highest BCUT2D eigenvalue weighted by atomic mass is 16.5. The smallest absolute Gasteiger partial charge is 0.253 e. The standard InChI is InChI=1S/C15H24N2O2/c1-3-13-5-7-14(8-6-13)15(18)17(10-4-9-16)11-12-19-2/h5-8H,3-4,9-12,16H2,1-2H3. The van der Waals surface area contributed by atoms with Gasteiger partial charge in [-0.25, -0.2) is 0 Å². The normalized spacial score (nSPS) is 10.5. The lowest BCUT2D eigenvalue weighted by Gasteiger charge is -2.22. The molecule has 0 aliphatic rings. The van der Waals surface area contributed by atoms with E-state index in [1.54, 1.807) is 12.0 Å². The molecule has 0 saturated heterocycles. The van der Waals surface area contributed by atoms with Crippen LogP contribution in [0.4, 0.5) is 0 Å². The number of ether oxygens (including phenoxy) is 1. The van der Waals surface area contributed by atoms with Crippen molar-refractivity contribution in [2.24, 2.45) is 5.73 Å². The molecule has 0 radical (unpaired) electrons. The first kappa shape index (κ1) is 15.7. The number of benzene rings is 1. The quantitative estimate of drug-likeness (QED) is 0.777. The van der Waals surface area contributed by atoms with Crippen molar-refractivity contribution in [3.63, 3.8) is 0 Å². The van der Waals surface area contributed by atoms with Crippen LogP contribution in [-0.4, -0.2) is 44.2 Å². The summed E-state index contributed by atoms with van der Waals surface area (Å²) in [6, 6.07) is 7.79. The fourth-order valence-corrected chi connectivity index (χ4v) is 1.86. The Bertz CT molecular complexity index is 368. The van der Waals surface area contributed by atoms with Crippen molar-refractivity contribution < 1.29 is 9.53 Å². The molecule has 0 spiro atoms. The molecule has 0 unspecified atom stereocenters. The monoisotopic (exact) mass is 264 g/mol. The SMILES string of the molecule is CCc1ccc(C(=O)N(CCCN)CCOC)cc1. The Kier molecular flexibility index (Phi) is 7.15. The number of carbonyl (C=O) groups is 1. The predicted octanol–water partition coefficient (Wildman–Crippen LogP) is 1.69. The van der Waals surface area contributed by atoms with E-state index in [0.29, 0.717) is 26.2 Å². The molecule has 1 aromatic rings. The number of hydrogen-bond donors (Lipinski definition) is 1. The number of hydrogen-bond acceptors (Lipinski definition) is 3. The lowest BCUT2D eigenvalue weighted by atomic mass is 10.1. The molecule has 0 heterocycles. The van der Waals surface area contributed by atoms with Crippen LogP contribution in [0.25, 0.3) is 0 Å². The number of carbonyl (C=O) groups excluding carboxylic acids is 1. The molecule has 0 atom stereocenters. The molecule has 4 heteroatoms. The number of aryl methyl sites for hydroxylation is 1. The van der Waals surface area contributed by atoms with Gasteiger partial charge in [0.05, 0.1) is 6.61 Å². The molecule has 106 valence electrons. The summed E-state index contributed by atoms with van der Waals surface area (Å²) in [5.41, 5.74) is 7.48. The number of nitrogens with zero attached hydrogens (tertiary/aromatic N) is 1. The maximum atomic E-state index is 12.4. The van der Waals surface area contributed by atoms with E-state index in [1.165, 1.54) is 5.56 Å². The molecule has 1 rings (SSSR count). The first-order valence-corrected chi connectivity index (χ1v) is 6.80. The van der Waals surface area contributed by atoms with Crippen LogP contribution >= 0.6 is 0 Å². The van der Waals surface area contributed by atoms with Gasteiger partial charge in [0.2, 0.25) is 0 Å². The van der Waals surface area contributed by atoms with Gasteiger partial charge in [-0.3, -0.25) is 4.79 Å². The van der Waals surface area contributed by atoms with Crippen molar-refractivity contribution in [1.29, 1.82) is 0 Å². The topological polar surface area (TPSA) is 55.6 Å². The lowest BCUT2D eigenvalue weighted by Crippen LogP contribution is -2.35. The molecule has 0 aromatic heterocycles. The summed E-state index contributed by atoms with van der Waals surface area (Å²) in [5.74, 6) is 0.0492. The van der Waals surface area contributed by atoms with E-state index in [2.05, 4.69) is 6.92 Å². The zero-order valence-corrected chi connectivity index (χ0v) is 11.9. The molecule has 0 aliphatic carbocycles. The van der Waals surface area contributed by atoms with Crippen LogP contribution < -0.4 is 5.73 Å².